The normalized spacial score (nSPS) is 13.6. The Bertz CT molecular complexity index is 1030. The number of aromatic nitrogens is 2. The van der Waals surface area contributed by atoms with Crippen molar-refractivity contribution in [1.29, 1.82) is 0 Å². The molecule has 7 heteroatoms. The van der Waals surface area contributed by atoms with E-state index in [-0.39, 0.29) is 10.6 Å². The molecule has 1 aromatic heterocycles. The van der Waals surface area contributed by atoms with Gasteiger partial charge in [-0.05, 0) is 43.9 Å². The van der Waals surface area contributed by atoms with Crippen molar-refractivity contribution in [1.82, 2.24) is 9.78 Å². The number of hydrogen-bond acceptors (Lipinski definition) is 4. The first-order chi connectivity index (χ1) is 13.0. The van der Waals surface area contributed by atoms with Gasteiger partial charge in [0.25, 0.3) is 5.69 Å². The monoisotopic (exact) mass is 382 g/mol. The lowest BCUT2D eigenvalue weighted by atomic mass is 10.0. The molecule has 27 heavy (non-hydrogen) atoms. The predicted octanol–water partition coefficient (Wildman–Crippen LogP) is 5.16. The van der Waals surface area contributed by atoms with Crippen molar-refractivity contribution in [2.75, 3.05) is 11.9 Å². The Morgan fingerprint density at radius 3 is 2.85 bits per heavy atom. The van der Waals surface area contributed by atoms with E-state index in [0.29, 0.717) is 10.7 Å². The summed E-state index contributed by atoms with van der Waals surface area (Å²) in [7, 11) is 0. The molecule has 0 fully saturated rings. The van der Waals surface area contributed by atoms with E-state index in [2.05, 4.69) is 5.32 Å². The minimum Gasteiger partial charge on any atom is -0.370 e. The highest BCUT2D eigenvalue weighted by Gasteiger charge is 2.23. The minimum absolute atomic E-state index is 0.0535. The number of nitrogens with zero attached hydrogens (tertiary/aromatic N) is 3. The van der Waals surface area contributed by atoms with Crippen molar-refractivity contribution in [2.45, 2.75) is 26.2 Å². The van der Waals surface area contributed by atoms with Gasteiger partial charge in [0, 0.05) is 34.8 Å². The molecule has 2 aromatic carbocycles. The van der Waals surface area contributed by atoms with Gasteiger partial charge in [-0.15, -0.1) is 0 Å². The number of non-ortho nitro benzene ring substituents is 1. The first-order valence-electron chi connectivity index (χ1n) is 8.92. The number of hydrogen-bond donors (Lipinski definition) is 1. The van der Waals surface area contributed by atoms with Crippen molar-refractivity contribution in [3.05, 3.63) is 68.7 Å². The minimum atomic E-state index is -0.379. The number of benzene rings is 2. The van der Waals surface area contributed by atoms with Crippen molar-refractivity contribution in [3.8, 4) is 16.9 Å². The van der Waals surface area contributed by atoms with Gasteiger partial charge in [-0.2, -0.15) is 5.10 Å². The number of nitrogens with one attached hydrogen (secondary N) is 1. The molecule has 3 aromatic rings. The second-order valence-electron chi connectivity index (χ2n) is 6.71. The molecule has 0 amide bonds. The molecular weight excluding hydrogens is 364 g/mol. The van der Waals surface area contributed by atoms with E-state index in [4.69, 9.17) is 16.7 Å². The lowest BCUT2D eigenvalue weighted by Gasteiger charge is -2.11. The average molecular weight is 383 g/mol. The Morgan fingerprint density at radius 2 is 2.07 bits per heavy atom. The van der Waals surface area contributed by atoms with Crippen LogP contribution in [-0.2, 0) is 6.42 Å². The lowest BCUT2D eigenvalue weighted by molar-refractivity contribution is -0.384. The molecule has 0 saturated heterocycles. The maximum absolute atomic E-state index is 11.2. The van der Waals surface area contributed by atoms with Gasteiger partial charge in [-0.3, -0.25) is 10.1 Å². The second-order valence-corrected chi connectivity index (χ2v) is 7.15. The molecule has 0 bridgehead atoms. The number of nitro benzene ring substituents is 1. The van der Waals surface area contributed by atoms with E-state index >= 15 is 0 Å². The Balaban J connectivity index is 1.94. The molecule has 0 spiro atoms. The summed E-state index contributed by atoms with van der Waals surface area (Å²) in [4.78, 5) is 10.9. The summed E-state index contributed by atoms with van der Waals surface area (Å²) in [5.74, 6) is 0.908. The van der Waals surface area contributed by atoms with Gasteiger partial charge in [-0.25, -0.2) is 4.68 Å². The third kappa shape index (κ3) is 3.28. The molecular formula is C20H19ClN4O2. The van der Waals surface area contributed by atoms with Crippen molar-refractivity contribution < 1.29 is 4.92 Å². The second kappa shape index (κ2) is 7.04. The van der Waals surface area contributed by atoms with Crippen LogP contribution in [0.4, 0.5) is 11.5 Å². The van der Waals surface area contributed by atoms with Gasteiger partial charge in [-0.1, -0.05) is 29.8 Å². The molecule has 0 radical (unpaired) electrons. The highest BCUT2D eigenvalue weighted by Crippen LogP contribution is 2.36. The highest BCUT2D eigenvalue weighted by molar-refractivity contribution is 6.30. The van der Waals surface area contributed by atoms with Crippen LogP contribution in [0.25, 0.3) is 16.9 Å². The average Bonchev–Trinajstić information content (AvgIpc) is 2.83. The number of halogens is 1. The van der Waals surface area contributed by atoms with E-state index in [1.54, 1.807) is 16.8 Å². The van der Waals surface area contributed by atoms with E-state index < -0.39 is 0 Å². The van der Waals surface area contributed by atoms with Crippen LogP contribution in [0, 0.1) is 17.0 Å². The first-order valence-corrected chi connectivity index (χ1v) is 9.29. The van der Waals surface area contributed by atoms with Crippen LogP contribution < -0.4 is 5.32 Å². The SMILES string of the molecule is Cc1ccc([N+](=O)[O-])cc1-n1nc(-c2cccc(Cl)c2)c2c1NCCCC2. The summed E-state index contributed by atoms with van der Waals surface area (Å²) in [5.41, 5.74) is 4.63. The molecule has 4 rings (SSSR count). The number of aryl methyl sites for hydroxylation is 1. The van der Waals surface area contributed by atoms with E-state index in [1.165, 1.54) is 6.07 Å². The van der Waals surface area contributed by atoms with Crippen LogP contribution in [0.2, 0.25) is 5.02 Å². The Labute approximate surface area is 161 Å². The zero-order valence-corrected chi connectivity index (χ0v) is 15.7. The molecule has 1 aliphatic heterocycles. The summed E-state index contributed by atoms with van der Waals surface area (Å²) in [6.07, 6.45) is 3.03. The van der Waals surface area contributed by atoms with Crippen molar-refractivity contribution in [3.63, 3.8) is 0 Å². The molecule has 6 nitrogen and oxygen atoms in total. The molecule has 2 heterocycles. The molecule has 0 saturated carbocycles. The molecule has 0 aliphatic carbocycles. The summed E-state index contributed by atoms with van der Waals surface area (Å²) in [6.45, 7) is 2.78. The van der Waals surface area contributed by atoms with E-state index in [1.807, 2.05) is 31.2 Å². The van der Waals surface area contributed by atoms with Crippen LogP contribution in [-0.4, -0.2) is 21.2 Å². The molecule has 1 N–H and O–H groups in total. The number of anilines is 1. The van der Waals surface area contributed by atoms with Crippen molar-refractivity contribution >= 4 is 23.1 Å². The summed E-state index contributed by atoms with van der Waals surface area (Å²) >= 11 is 6.19. The maximum atomic E-state index is 11.2. The Kier molecular flexibility index (Phi) is 4.58. The predicted molar refractivity (Wildman–Crippen MR) is 107 cm³/mol. The number of nitro groups is 1. The lowest BCUT2D eigenvalue weighted by Crippen LogP contribution is -2.08. The largest absolute Gasteiger partial charge is 0.370 e. The van der Waals surface area contributed by atoms with E-state index in [9.17, 15) is 10.1 Å². The zero-order chi connectivity index (χ0) is 19.0. The van der Waals surface area contributed by atoms with Crippen LogP contribution >= 0.6 is 11.6 Å². The van der Waals surface area contributed by atoms with Gasteiger partial charge in [0.1, 0.15) is 5.82 Å². The van der Waals surface area contributed by atoms with Crippen LogP contribution in [0.15, 0.2) is 42.5 Å². The third-order valence-corrected chi connectivity index (χ3v) is 5.09. The number of fused-ring (bicyclic) bond motifs is 1. The van der Waals surface area contributed by atoms with Crippen LogP contribution in [0.3, 0.4) is 0 Å². The summed E-state index contributed by atoms with van der Waals surface area (Å²) in [5, 5.41) is 20.2. The fourth-order valence-corrected chi connectivity index (χ4v) is 3.67. The highest BCUT2D eigenvalue weighted by atomic mass is 35.5. The molecule has 0 atom stereocenters. The van der Waals surface area contributed by atoms with Gasteiger partial charge in [0.2, 0.25) is 0 Å². The molecule has 138 valence electrons. The molecule has 0 unspecified atom stereocenters. The molecule has 1 aliphatic rings. The smallest absolute Gasteiger partial charge is 0.271 e. The van der Waals surface area contributed by atoms with Gasteiger partial charge >= 0.3 is 0 Å². The Morgan fingerprint density at radius 1 is 1.22 bits per heavy atom. The van der Waals surface area contributed by atoms with Crippen molar-refractivity contribution in [2.24, 2.45) is 0 Å². The number of rotatable bonds is 3. The van der Waals surface area contributed by atoms with E-state index in [0.717, 1.165) is 54.0 Å². The standard InChI is InChI=1S/C20H19ClN4O2/c1-13-8-9-16(25(26)27)12-18(13)24-20-17(7-2-3-10-22-20)19(23-24)14-5-4-6-15(21)11-14/h4-6,8-9,11-12,22H,2-3,7,10H2,1H3. The van der Waals surface area contributed by atoms with Gasteiger partial charge in [0.05, 0.1) is 16.3 Å². The quantitative estimate of drug-likeness (QED) is 0.501. The maximum Gasteiger partial charge on any atom is 0.271 e. The summed E-state index contributed by atoms with van der Waals surface area (Å²) in [6, 6.07) is 12.5. The third-order valence-electron chi connectivity index (χ3n) is 4.86. The first kappa shape index (κ1) is 17.5. The fraction of sp³-hybridized carbons (Fsp3) is 0.250. The zero-order valence-electron chi connectivity index (χ0n) is 14.9. The summed E-state index contributed by atoms with van der Waals surface area (Å²) < 4.78 is 1.80. The fourth-order valence-electron chi connectivity index (χ4n) is 3.48. The van der Waals surface area contributed by atoms with Crippen LogP contribution in [0.1, 0.15) is 24.0 Å². The topological polar surface area (TPSA) is 73.0 Å². The van der Waals surface area contributed by atoms with Gasteiger partial charge < -0.3 is 5.32 Å². The van der Waals surface area contributed by atoms with Gasteiger partial charge in [0.15, 0.2) is 0 Å². The van der Waals surface area contributed by atoms with Crippen LogP contribution in [0.5, 0.6) is 0 Å². The Hall–Kier alpha value is -2.86.